The first-order chi connectivity index (χ1) is 9.67. The maximum absolute atomic E-state index is 6.10. The fourth-order valence-electron chi connectivity index (χ4n) is 3.16. The molecule has 0 amide bonds. The smallest absolute Gasteiger partial charge is 0.180 e. The van der Waals surface area contributed by atoms with Gasteiger partial charge in [0.2, 0.25) is 0 Å². The third kappa shape index (κ3) is 2.68. The molecule has 1 aliphatic heterocycles. The summed E-state index contributed by atoms with van der Waals surface area (Å²) in [4.78, 5) is 2.37. The predicted octanol–water partition coefficient (Wildman–Crippen LogP) is 2.17. The van der Waals surface area contributed by atoms with Crippen molar-refractivity contribution < 1.29 is 9.47 Å². The second-order valence-corrected chi connectivity index (χ2v) is 5.60. The van der Waals surface area contributed by atoms with Gasteiger partial charge in [-0.2, -0.15) is 0 Å². The van der Waals surface area contributed by atoms with Crippen molar-refractivity contribution in [2.45, 2.75) is 38.0 Å². The highest BCUT2D eigenvalue weighted by atomic mass is 16.7. The molecule has 0 fully saturated rings. The van der Waals surface area contributed by atoms with Crippen LogP contribution in [-0.2, 0) is 15.9 Å². The van der Waals surface area contributed by atoms with E-state index in [9.17, 15) is 0 Å². The Labute approximate surface area is 121 Å². The average Bonchev–Trinajstić information content (AvgIpc) is 2.70. The van der Waals surface area contributed by atoms with Gasteiger partial charge in [0, 0.05) is 33.0 Å². The molecule has 0 aromatic heterocycles. The summed E-state index contributed by atoms with van der Waals surface area (Å²) in [6, 6.07) is 8.57. The Kier molecular flexibility index (Phi) is 5.02. The largest absolute Gasteiger partial charge is 0.360 e. The first kappa shape index (κ1) is 15.3. The fourth-order valence-corrected chi connectivity index (χ4v) is 3.16. The van der Waals surface area contributed by atoms with Gasteiger partial charge < -0.3 is 20.1 Å². The molecule has 2 rings (SSSR count). The number of nitrogens with two attached hydrogens (primary N) is 1. The summed E-state index contributed by atoms with van der Waals surface area (Å²) in [6.07, 6.45) is 3.14. The molecule has 20 heavy (non-hydrogen) atoms. The van der Waals surface area contributed by atoms with E-state index in [4.69, 9.17) is 15.2 Å². The molecule has 1 aromatic carbocycles. The molecule has 112 valence electrons. The van der Waals surface area contributed by atoms with Crippen molar-refractivity contribution in [1.29, 1.82) is 0 Å². The van der Waals surface area contributed by atoms with Gasteiger partial charge in [0.05, 0.1) is 0 Å². The van der Waals surface area contributed by atoms with Crippen molar-refractivity contribution in [1.82, 2.24) is 0 Å². The van der Waals surface area contributed by atoms with E-state index < -0.39 is 0 Å². The highest BCUT2D eigenvalue weighted by molar-refractivity contribution is 5.56. The standard InChI is InChI=1S/C16H26N2O2/c1-16(12-17,15(19-2)20-3)18-11-7-6-9-13-8-4-5-10-14(13)18/h4-5,8,10,15H,6-7,9,11-12,17H2,1-3H3. The van der Waals surface area contributed by atoms with Crippen molar-refractivity contribution in [3.05, 3.63) is 29.8 Å². The summed E-state index contributed by atoms with van der Waals surface area (Å²) in [5, 5.41) is 0. The van der Waals surface area contributed by atoms with E-state index in [1.54, 1.807) is 14.2 Å². The molecule has 4 nitrogen and oxygen atoms in total. The van der Waals surface area contributed by atoms with Gasteiger partial charge in [-0.25, -0.2) is 0 Å². The van der Waals surface area contributed by atoms with Crippen LogP contribution in [-0.4, -0.2) is 39.1 Å². The van der Waals surface area contributed by atoms with Crippen molar-refractivity contribution in [3.8, 4) is 0 Å². The summed E-state index contributed by atoms with van der Waals surface area (Å²) in [6.45, 7) is 3.58. The highest BCUT2D eigenvalue weighted by Gasteiger charge is 2.40. The molecule has 0 spiro atoms. The molecule has 0 bridgehead atoms. The normalized spacial score (nSPS) is 18.6. The highest BCUT2D eigenvalue weighted by Crippen LogP contribution is 2.34. The molecule has 0 aliphatic carbocycles. The Balaban J connectivity index is 2.43. The van der Waals surface area contributed by atoms with E-state index in [-0.39, 0.29) is 11.8 Å². The minimum atomic E-state index is -0.371. The second kappa shape index (κ2) is 6.57. The van der Waals surface area contributed by atoms with Crippen LogP contribution >= 0.6 is 0 Å². The third-order valence-electron chi connectivity index (χ3n) is 4.33. The second-order valence-electron chi connectivity index (χ2n) is 5.60. The maximum atomic E-state index is 6.10. The van der Waals surface area contributed by atoms with Gasteiger partial charge in [-0.3, -0.25) is 0 Å². The van der Waals surface area contributed by atoms with E-state index in [0.29, 0.717) is 6.54 Å². The van der Waals surface area contributed by atoms with Gasteiger partial charge in [-0.05, 0) is 37.8 Å². The number of hydrogen-bond acceptors (Lipinski definition) is 4. The SMILES string of the molecule is COC(OC)C(C)(CN)N1CCCCc2ccccc21. The van der Waals surface area contributed by atoms with Crippen LogP contribution in [0.1, 0.15) is 25.3 Å². The quantitative estimate of drug-likeness (QED) is 0.839. The molecule has 4 heteroatoms. The molecule has 0 radical (unpaired) electrons. The topological polar surface area (TPSA) is 47.7 Å². The summed E-state index contributed by atoms with van der Waals surface area (Å²) in [7, 11) is 3.34. The third-order valence-corrected chi connectivity index (χ3v) is 4.33. The Morgan fingerprint density at radius 2 is 1.95 bits per heavy atom. The van der Waals surface area contributed by atoms with Gasteiger partial charge in [0.1, 0.15) is 5.54 Å². The van der Waals surface area contributed by atoms with Crippen molar-refractivity contribution in [2.75, 3.05) is 32.2 Å². The molecule has 0 saturated carbocycles. The minimum Gasteiger partial charge on any atom is -0.360 e. The molecule has 1 heterocycles. The van der Waals surface area contributed by atoms with Gasteiger partial charge in [0.15, 0.2) is 6.29 Å². The number of hydrogen-bond donors (Lipinski definition) is 1. The minimum absolute atomic E-state index is 0.348. The number of rotatable bonds is 5. The lowest BCUT2D eigenvalue weighted by Gasteiger charge is -2.45. The molecule has 1 aliphatic rings. The molecule has 0 saturated heterocycles. The fraction of sp³-hybridized carbons (Fsp3) is 0.625. The number of para-hydroxylation sites is 1. The average molecular weight is 278 g/mol. The molecule has 1 unspecified atom stereocenters. The number of ether oxygens (including phenoxy) is 2. The number of fused-ring (bicyclic) bond motifs is 1. The van der Waals surface area contributed by atoms with Gasteiger partial charge in [0.25, 0.3) is 0 Å². The van der Waals surface area contributed by atoms with Crippen LogP contribution < -0.4 is 10.6 Å². The van der Waals surface area contributed by atoms with Crippen LogP contribution in [0.2, 0.25) is 0 Å². The predicted molar refractivity (Wildman–Crippen MR) is 82.0 cm³/mol. The monoisotopic (exact) mass is 278 g/mol. The lowest BCUT2D eigenvalue weighted by atomic mass is 9.96. The Hall–Kier alpha value is -1.10. The van der Waals surface area contributed by atoms with E-state index in [0.717, 1.165) is 19.4 Å². The lowest BCUT2D eigenvalue weighted by Crippen LogP contribution is -2.61. The lowest BCUT2D eigenvalue weighted by molar-refractivity contribution is -0.141. The number of aryl methyl sites for hydroxylation is 1. The zero-order valence-corrected chi connectivity index (χ0v) is 12.8. The zero-order chi connectivity index (χ0) is 14.6. The first-order valence-electron chi connectivity index (χ1n) is 7.28. The van der Waals surface area contributed by atoms with Crippen LogP contribution in [0.25, 0.3) is 0 Å². The van der Waals surface area contributed by atoms with Crippen LogP contribution in [0.15, 0.2) is 24.3 Å². The van der Waals surface area contributed by atoms with E-state index in [1.807, 2.05) is 0 Å². The molecule has 1 atom stereocenters. The molecular formula is C16H26N2O2. The van der Waals surface area contributed by atoms with Crippen LogP contribution in [0.5, 0.6) is 0 Å². The first-order valence-corrected chi connectivity index (χ1v) is 7.28. The Morgan fingerprint density at radius 1 is 1.25 bits per heavy atom. The summed E-state index contributed by atoms with van der Waals surface area (Å²) >= 11 is 0. The van der Waals surface area contributed by atoms with Gasteiger partial charge >= 0.3 is 0 Å². The summed E-state index contributed by atoms with van der Waals surface area (Å²) in [5.74, 6) is 0. The molecule has 2 N–H and O–H groups in total. The van der Waals surface area contributed by atoms with E-state index >= 15 is 0 Å². The maximum Gasteiger partial charge on any atom is 0.180 e. The molecular weight excluding hydrogens is 252 g/mol. The number of benzene rings is 1. The summed E-state index contributed by atoms with van der Waals surface area (Å²) in [5.41, 5.74) is 8.37. The van der Waals surface area contributed by atoms with Crippen molar-refractivity contribution >= 4 is 5.69 Å². The van der Waals surface area contributed by atoms with E-state index in [1.165, 1.54) is 17.7 Å². The summed E-state index contributed by atoms with van der Waals surface area (Å²) < 4.78 is 11.0. The Bertz CT molecular complexity index is 434. The van der Waals surface area contributed by atoms with Crippen molar-refractivity contribution in [3.63, 3.8) is 0 Å². The number of methoxy groups -OCH3 is 2. The van der Waals surface area contributed by atoms with Crippen LogP contribution in [0.3, 0.4) is 0 Å². The van der Waals surface area contributed by atoms with Crippen molar-refractivity contribution in [2.24, 2.45) is 5.73 Å². The Morgan fingerprint density at radius 3 is 2.60 bits per heavy atom. The molecule has 1 aromatic rings. The number of anilines is 1. The van der Waals surface area contributed by atoms with E-state index in [2.05, 4.69) is 36.1 Å². The van der Waals surface area contributed by atoms with Crippen LogP contribution in [0, 0.1) is 0 Å². The van der Waals surface area contributed by atoms with Gasteiger partial charge in [-0.1, -0.05) is 18.2 Å². The van der Waals surface area contributed by atoms with Gasteiger partial charge in [-0.15, -0.1) is 0 Å². The van der Waals surface area contributed by atoms with Crippen LogP contribution in [0.4, 0.5) is 5.69 Å². The zero-order valence-electron chi connectivity index (χ0n) is 12.8. The number of nitrogens with zero attached hydrogens (tertiary/aromatic N) is 1.